The molecule has 0 aliphatic heterocycles. The summed E-state index contributed by atoms with van der Waals surface area (Å²) in [4.78, 5) is 14.3. The third kappa shape index (κ3) is 4.79. The van der Waals surface area contributed by atoms with Crippen LogP contribution < -0.4 is 4.90 Å². The van der Waals surface area contributed by atoms with E-state index in [1.54, 1.807) is 36.4 Å². The molecule has 1 amide bonds. The minimum absolute atomic E-state index is 0.0798. The fourth-order valence-electron chi connectivity index (χ4n) is 2.43. The van der Waals surface area contributed by atoms with Crippen molar-refractivity contribution in [3.63, 3.8) is 0 Å². The number of thioether (sulfide) groups is 1. The summed E-state index contributed by atoms with van der Waals surface area (Å²) in [6.07, 6.45) is 0.203. The van der Waals surface area contributed by atoms with Gasteiger partial charge in [0, 0.05) is 17.3 Å². The normalized spacial score (nSPS) is 10.4. The smallest absolute Gasteiger partial charge is 0.237 e. The van der Waals surface area contributed by atoms with Crippen molar-refractivity contribution < 1.29 is 9.90 Å². The van der Waals surface area contributed by atoms with Gasteiger partial charge in [-0.25, -0.2) is 0 Å². The number of anilines is 1. The maximum Gasteiger partial charge on any atom is 0.237 e. The molecule has 0 saturated heterocycles. The van der Waals surface area contributed by atoms with E-state index in [4.69, 9.17) is 16.9 Å². The summed E-state index contributed by atoms with van der Waals surface area (Å²) in [5.41, 5.74) is 1.29. The molecule has 0 fully saturated rings. The Kier molecular flexibility index (Phi) is 6.47. The molecule has 28 heavy (non-hydrogen) atoms. The molecule has 2 aromatic carbocycles. The van der Waals surface area contributed by atoms with Crippen molar-refractivity contribution in [1.29, 1.82) is 5.26 Å². The number of halogens is 1. The van der Waals surface area contributed by atoms with Gasteiger partial charge in [0.15, 0.2) is 0 Å². The van der Waals surface area contributed by atoms with Crippen LogP contribution >= 0.6 is 23.4 Å². The molecule has 1 aromatic heterocycles. The second kappa shape index (κ2) is 9.21. The molecule has 3 rings (SSSR count). The van der Waals surface area contributed by atoms with Crippen LogP contribution in [0.3, 0.4) is 0 Å². The van der Waals surface area contributed by atoms with E-state index in [2.05, 4.69) is 21.6 Å². The van der Waals surface area contributed by atoms with Crippen molar-refractivity contribution in [3.8, 4) is 17.5 Å². The summed E-state index contributed by atoms with van der Waals surface area (Å²) in [5.74, 6) is 0.0229. The van der Waals surface area contributed by atoms with Crippen LogP contribution in [0.25, 0.3) is 5.69 Å². The van der Waals surface area contributed by atoms with Crippen LogP contribution in [-0.4, -0.2) is 43.5 Å². The highest BCUT2D eigenvalue weighted by atomic mass is 35.5. The maximum atomic E-state index is 12.8. The van der Waals surface area contributed by atoms with E-state index >= 15 is 0 Å². The monoisotopic (exact) mass is 414 g/mol. The lowest BCUT2D eigenvalue weighted by Crippen LogP contribution is -2.33. The number of carbonyl (C=O) groups is 1. The van der Waals surface area contributed by atoms with Gasteiger partial charge in [-0.15, -0.1) is 5.10 Å². The second-order valence-corrected chi connectivity index (χ2v) is 6.99. The number of hydrogen-bond donors (Lipinski definition) is 1. The molecule has 0 saturated carbocycles. The number of hydrogen-bond acceptors (Lipinski definition) is 7. The highest BCUT2D eigenvalue weighted by Gasteiger charge is 2.18. The number of nitrogens with zero attached hydrogens (tertiary/aromatic N) is 6. The molecule has 0 unspecified atom stereocenters. The number of nitriles is 1. The van der Waals surface area contributed by atoms with E-state index in [1.807, 2.05) is 0 Å². The molecule has 0 bridgehead atoms. The Morgan fingerprint density at radius 2 is 2.07 bits per heavy atom. The molecule has 8 nitrogen and oxygen atoms in total. The number of aromatic hydroxyl groups is 1. The van der Waals surface area contributed by atoms with E-state index in [0.717, 1.165) is 0 Å². The topological polar surface area (TPSA) is 108 Å². The average molecular weight is 415 g/mol. The lowest BCUT2D eigenvalue weighted by atomic mass is 10.2. The first-order valence-electron chi connectivity index (χ1n) is 8.22. The first kappa shape index (κ1) is 19.7. The average Bonchev–Trinajstić information content (AvgIpc) is 3.16. The molecule has 1 heterocycles. The van der Waals surface area contributed by atoms with Crippen molar-refractivity contribution in [3.05, 3.63) is 53.6 Å². The summed E-state index contributed by atoms with van der Waals surface area (Å²) in [5, 5.41) is 30.8. The van der Waals surface area contributed by atoms with Gasteiger partial charge in [-0.3, -0.25) is 4.79 Å². The van der Waals surface area contributed by atoms with Crippen molar-refractivity contribution in [2.45, 2.75) is 11.6 Å². The molecule has 0 spiro atoms. The van der Waals surface area contributed by atoms with Crippen molar-refractivity contribution in [2.24, 2.45) is 0 Å². The third-order valence-corrected chi connectivity index (χ3v) is 4.87. The van der Waals surface area contributed by atoms with Gasteiger partial charge in [-0.05, 0) is 52.9 Å². The van der Waals surface area contributed by atoms with Crippen molar-refractivity contribution in [2.75, 3.05) is 17.2 Å². The fourth-order valence-corrected chi connectivity index (χ4v) is 3.38. The Morgan fingerprint density at radius 3 is 2.79 bits per heavy atom. The van der Waals surface area contributed by atoms with Gasteiger partial charge in [0.1, 0.15) is 5.75 Å². The third-order valence-electron chi connectivity index (χ3n) is 3.73. The Morgan fingerprint density at radius 1 is 1.29 bits per heavy atom. The van der Waals surface area contributed by atoms with Crippen LogP contribution in [-0.2, 0) is 4.79 Å². The molecular weight excluding hydrogens is 400 g/mol. The maximum absolute atomic E-state index is 12.8. The number of aromatic nitrogens is 4. The number of amides is 1. The van der Waals surface area contributed by atoms with Crippen LogP contribution in [0.4, 0.5) is 5.69 Å². The minimum atomic E-state index is -0.192. The fraction of sp³-hybridized carbons (Fsp3) is 0.167. The predicted molar refractivity (Wildman–Crippen MR) is 106 cm³/mol. The van der Waals surface area contributed by atoms with Gasteiger partial charge in [0.2, 0.25) is 11.1 Å². The first-order chi connectivity index (χ1) is 13.6. The number of phenolic OH excluding ortho intramolecular Hbond substituents is 1. The van der Waals surface area contributed by atoms with Crippen LogP contribution in [0.5, 0.6) is 5.75 Å². The molecule has 3 aromatic rings. The highest BCUT2D eigenvalue weighted by Crippen LogP contribution is 2.23. The van der Waals surface area contributed by atoms with E-state index in [0.29, 0.717) is 21.6 Å². The summed E-state index contributed by atoms with van der Waals surface area (Å²) in [7, 11) is 0. The van der Waals surface area contributed by atoms with Crippen LogP contribution in [0.1, 0.15) is 6.42 Å². The van der Waals surface area contributed by atoms with Crippen LogP contribution in [0.15, 0.2) is 53.7 Å². The Hall–Kier alpha value is -3.09. The lowest BCUT2D eigenvalue weighted by molar-refractivity contribution is -0.116. The summed E-state index contributed by atoms with van der Waals surface area (Å²) in [6, 6.07) is 15.4. The Labute approximate surface area is 170 Å². The summed E-state index contributed by atoms with van der Waals surface area (Å²) >= 11 is 7.21. The van der Waals surface area contributed by atoms with E-state index in [1.165, 1.54) is 33.5 Å². The number of phenols is 1. The van der Waals surface area contributed by atoms with Gasteiger partial charge >= 0.3 is 0 Å². The number of benzene rings is 2. The van der Waals surface area contributed by atoms with E-state index < -0.39 is 0 Å². The zero-order valence-electron chi connectivity index (χ0n) is 14.6. The molecule has 10 heteroatoms. The standard InChI is InChI=1S/C18H15ClN6O2S/c19-13-3-1-4-15(11-13)24(10-2-9-20)17(27)12-28-18-21-22-23-25(18)14-5-7-16(26)8-6-14/h1,3-8,11,26H,2,10,12H2. The number of tetrazole rings is 1. The SMILES string of the molecule is N#CCCN(C(=O)CSc1nnnn1-c1ccc(O)cc1)c1cccc(Cl)c1. The number of rotatable bonds is 7. The minimum Gasteiger partial charge on any atom is -0.508 e. The molecule has 0 atom stereocenters. The lowest BCUT2D eigenvalue weighted by Gasteiger charge is -2.21. The van der Waals surface area contributed by atoms with Crippen LogP contribution in [0.2, 0.25) is 5.02 Å². The van der Waals surface area contributed by atoms with Gasteiger partial charge in [0.05, 0.1) is 23.9 Å². The quantitative estimate of drug-likeness (QED) is 0.592. The molecule has 0 radical (unpaired) electrons. The molecule has 0 aliphatic rings. The first-order valence-corrected chi connectivity index (χ1v) is 9.58. The van der Waals surface area contributed by atoms with Gasteiger partial charge in [-0.1, -0.05) is 29.4 Å². The van der Waals surface area contributed by atoms with Gasteiger partial charge < -0.3 is 10.0 Å². The largest absolute Gasteiger partial charge is 0.508 e. The molecule has 1 N–H and O–H groups in total. The van der Waals surface area contributed by atoms with Crippen LogP contribution in [0, 0.1) is 11.3 Å². The van der Waals surface area contributed by atoms with Gasteiger partial charge in [0.25, 0.3) is 0 Å². The zero-order chi connectivity index (χ0) is 19.9. The summed E-state index contributed by atoms with van der Waals surface area (Å²) in [6.45, 7) is 0.263. The zero-order valence-corrected chi connectivity index (χ0v) is 16.1. The summed E-state index contributed by atoms with van der Waals surface area (Å²) < 4.78 is 1.48. The highest BCUT2D eigenvalue weighted by molar-refractivity contribution is 7.99. The van der Waals surface area contributed by atoms with Crippen molar-refractivity contribution in [1.82, 2.24) is 20.2 Å². The Balaban J connectivity index is 1.74. The van der Waals surface area contributed by atoms with Crippen molar-refractivity contribution >= 4 is 35.0 Å². The molecule has 142 valence electrons. The van der Waals surface area contributed by atoms with E-state index in [-0.39, 0.29) is 30.4 Å². The molecule has 0 aliphatic carbocycles. The van der Waals surface area contributed by atoms with E-state index in [9.17, 15) is 9.90 Å². The molecular formula is C18H15ClN6O2S. The second-order valence-electron chi connectivity index (χ2n) is 5.61. The van der Waals surface area contributed by atoms with Gasteiger partial charge in [-0.2, -0.15) is 9.94 Å². The predicted octanol–water partition coefficient (Wildman–Crippen LogP) is 3.06. The Bertz CT molecular complexity index is 1000. The number of carbonyl (C=O) groups excluding carboxylic acids is 1.